The molecule has 3 rings (SSSR count). The van der Waals surface area contributed by atoms with Gasteiger partial charge in [0.1, 0.15) is 11.3 Å². The molecule has 0 saturated carbocycles. The van der Waals surface area contributed by atoms with Crippen LogP contribution in [0.2, 0.25) is 0 Å². The van der Waals surface area contributed by atoms with Crippen molar-refractivity contribution in [2.24, 2.45) is 0 Å². The number of nitrogens with one attached hydrogen (secondary N) is 2. The van der Waals surface area contributed by atoms with Gasteiger partial charge >= 0.3 is 0 Å². The van der Waals surface area contributed by atoms with E-state index in [1.54, 1.807) is 12.3 Å². The topological polar surface area (TPSA) is 78.3 Å². The molecule has 2 N–H and O–H groups in total. The van der Waals surface area contributed by atoms with Crippen LogP contribution < -0.4 is 10.2 Å². The quantitative estimate of drug-likeness (QED) is 0.767. The van der Waals surface area contributed by atoms with Crippen LogP contribution in [0.4, 0.5) is 11.5 Å². The number of carbonyl (C=O) groups excluding carboxylic acids is 1. The van der Waals surface area contributed by atoms with E-state index in [0.717, 1.165) is 17.0 Å². The number of imidazole rings is 1. The first kappa shape index (κ1) is 13.2. The number of pyridine rings is 1. The lowest BCUT2D eigenvalue weighted by atomic mass is 10.4. The van der Waals surface area contributed by atoms with E-state index in [4.69, 9.17) is 0 Å². The fourth-order valence-electron chi connectivity index (χ4n) is 2.02. The third kappa shape index (κ3) is 2.58. The second-order valence-corrected chi connectivity index (χ2v) is 5.06. The van der Waals surface area contributed by atoms with Crippen LogP contribution in [-0.2, 0) is 0 Å². The van der Waals surface area contributed by atoms with E-state index in [1.165, 1.54) is 0 Å². The molecular formula is C14H16N6O. The van der Waals surface area contributed by atoms with E-state index in [0.29, 0.717) is 11.5 Å². The van der Waals surface area contributed by atoms with Crippen LogP contribution in [0.15, 0.2) is 30.6 Å². The molecule has 0 aromatic carbocycles. The van der Waals surface area contributed by atoms with Crippen LogP contribution in [-0.4, -0.2) is 39.6 Å². The third-order valence-corrected chi connectivity index (χ3v) is 3.13. The SMILES string of the molecule is Cc1cc(NC(=O)c2cn3cc(N(C)C)ccc3n2)n[nH]1. The normalized spacial score (nSPS) is 10.8. The van der Waals surface area contributed by atoms with Gasteiger partial charge in [0.25, 0.3) is 5.91 Å². The van der Waals surface area contributed by atoms with Gasteiger partial charge in [0.05, 0.1) is 5.69 Å². The predicted octanol–water partition coefficient (Wildman–Crippen LogP) is 1.68. The summed E-state index contributed by atoms with van der Waals surface area (Å²) in [7, 11) is 3.93. The van der Waals surface area contributed by atoms with Crippen molar-refractivity contribution in [3.05, 3.63) is 42.0 Å². The molecule has 0 aliphatic rings. The molecule has 3 aromatic heterocycles. The van der Waals surface area contributed by atoms with Crippen molar-refractivity contribution in [2.45, 2.75) is 6.92 Å². The highest BCUT2D eigenvalue weighted by molar-refractivity contribution is 6.02. The first-order valence-electron chi connectivity index (χ1n) is 6.52. The van der Waals surface area contributed by atoms with Crippen LogP contribution in [0.25, 0.3) is 5.65 Å². The van der Waals surface area contributed by atoms with Crippen LogP contribution in [0, 0.1) is 6.92 Å². The Morgan fingerprint density at radius 2 is 2.14 bits per heavy atom. The Kier molecular flexibility index (Phi) is 3.09. The fraction of sp³-hybridized carbons (Fsp3) is 0.214. The fourth-order valence-corrected chi connectivity index (χ4v) is 2.02. The van der Waals surface area contributed by atoms with Gasteiger partial charge in [-0.05, 0) is 19.1 Å². The number of hydrogen-bond acceptors (Lipinski definition) is 4. The summed E-state index contributed by atoms with van der Waals surface area (Å²) in [6.07, 6.45) is 3.63. The smallest absolute Gasteiger partial charge is 0.277 e. The molecular weight excluding hydrogens is 268 g/mol. The summed E-state index contributed by atoms with van der Waals surface area (Å²) in [5, 5.41) is 9.46. The highest BCUT2D eigenvalue weighted by Gasteiger charge is 2.12. The van der Waals surface area contributed by atoms with Gasteiger partial charge in [0, 0.05) is 38.2 Å². The summed E-state index contributed by atoms with van der Waals surface area (Å²) in [6, 6.07) is 5.60. The Morgan fingerprint density at radius 3 is 2.81 bits per heavy atom. The van der Waals surface area contributed by atoms with Crippen LogP contribution in [0.5, 0.6) is 0 Å². The summed E-state index contributed by atoms with van der Waals surface area (Å²) in [6.45, 7) is 1.87. The first-order valence-corrected chi connectivity index (χ1v) is 6.52. The van der Waals surface area contributed by atoms with Crippen molar-refractivity contribution < 1.29 is 4.79 Å². The standard InChI is InChI=1S/C14H16N6O/c1-9-6-12(18-17-9)16-14(21)11-8-20-7-10(19(2)3)4-5-13(20)15-11/h4-8H,1-3H3,(H2,16,17,18,21). The minimum Gasteiger partial charge on any atom is -0.376 e. The minimum absolute atomic E-state index is 0.281. The number of rotatable bonds is 3. The molecule has 7 nitrogen and oxygen atoms in total. The zero-order chi connectivity index (χ0) is 15.0. The number of H-pyrrole nitrogens is 1. The van der Waals surface area contributed by atoms with Crippen LogP contribution in [0.3, 0.4) is 0 Å². The van der Waals surface area contributed by atoms with Gasteiger partial charge in [-0.2, -0.15) is 5.10 Å². The number of hydrogen-bond donors (Lipinski definition) is 2. The Labute approximate surface area is 121 Å². The average molecular weight is 284 g/mol. The molecule has 3 aromatic rings. The van der Waals surface area contributed by atoms with Gasteiger partial charge < -0.3 is 14.6 Å². The second-order valence-electron chi connectivity index (χ2n) is 5.06. The Hall–Kier alpha value is -2.83. The Balaban J connectivity index is 1.88. The number of aromatic amines is 1. The van der Waals surface area contributed by atoms with E-state index in [9.17, 15) is 4.79 Å². The zero-order valence-electron chi connectivity index (χ0n) is 12.1. The molecule has 0 unspecified atom stereocenters. The molecule has 21 heavy (non-hydrogen) atoms. The van der Waals surface area contributed by atoms with E-state index in [-0.39, 0.29) is 5.91 Å². The van der Waals surface area contributed by atoms with Crippen LogP contribution in [0.1, 0.15) is 16.2 Å². The molecule has 0 atom stereocenters. The number of amides is 1. The number of fused-ring (bicyclic) bond motifs is 1. The highest BCUT2D eigenvalue weighted by atomic mass is 16.2. The van der Waals surface area contributed by atoms with Crippen molar-refractivity contribution in [3.63, 3.8) is 0 Å². The largest absolute Gasteiger partial charge is 0.376 e. The summed E-state index contributed by atoms with van der Waals surface area (Å²) in [5.74, 6) is 0.208. The summed E-state index contributed by atoms with van der Waals surface area (Å²) in [5.41, 5.74) is 3.00. The van der Waals surface area contributed by atoms with Gasteiger partial charge in [-0.15, -0.1) is 0 Å². The molecule has 0 saturated heterocycles. The average Bonchev–Trinajstić information content (AvgIpc) is 3.03. The molecule has 1 amide bonds. The number of aryl methyl sites for hydroxylation is 1. The number of aromatic nitrogens is 4. The van der Waals surface area contributed by atoms with Gasteiger partial charge in [-0.1, -0.05) is 0 Å². The van der Waals surface area contributed by atoms with Gasteiger partial charge in [0.15, 0.2) is 5.82 Å². The lowest BCUT2D eigenvalue weighted by Gasteiger charge is -2.11. The van der Waals surface area contributed by atoms with Crippen molar-refractivity contribution >= 4 is 23.1 Å². The summed E-state index contributed by atoms with van der Waals surface area (Å²) in [4.78, 5) is 18.5. The maximum Gasteiger partial charge on any atom is 0.277 e. The zero-order valence-corrected chi connectivity index (χ0v) is 12.1. The molecule has 0 aliphatic carbocycles. The molecule has 0 aliphatic heterocycles. The van der Waals surface area contributed by atoms with E-state index < -0.39 is 0 Å². The molecule has 7 heteroatoms. The molecule has 3 heterocycles. The first-order chi connectivity index (χ1) is 10.0. The maximum atomic E-state index is 12.2. The second kappa shape index (κ2) is 4.93. The van der Waals surface area contributed by atoms with E-state index >= 15 is 0 Å². The molecule has 0 bridgehead atoms. The van der Waals surface area contributed by atoms with E-state index in [2.05, 4.69) is 20.5 Å². The van der Waals surface area contributed by atoms with Crippen LogP contribution >= 0.6 is 0 Å². The van der Waals surface area contributed by atoms with Crippen molar-refractivity contribution in [3.8, 4) is 0 Å². The molecule has 0 radical (unpaired) electrons. The van der Waals surface area contributed by atoms with Gasteiger partial charge in [0.2, 0.25) is 0 Å². The molecule has 0 spiro atoms. The van der Waals surface area contributed by atoms with Crippen molar-refractivity contribution in [1.82, 2.24) is 19.6 Å². The third-order valence-electron chi connectivity index (χ3n) is 3.13. The maximum absolute atomic E-state index is 12.2. The highest BCUT2D eigenvalue weighted by Crippen LogP contribution is 2.14. The summed E-state index contributed by atoms with van der Waals surface area (Å²) < 4.78 is 1.83. The van der Waals surface area contributed by atoms with Gasteiger partial charge in [-0.3, -0.25) is 9.89 Å². The van der Waals surface area contributed by atoms with Crippen molar-refractivity contribution in [1.29, 1.82) is 0 Å². The number of carbonyl (C=O) groups is 1. The predicted molar refractivity (Wildman–Crippen MR) is 80.8 cm³/mol. The lowest BCUT2D eigenvalue weighted by Crippen LogP contribution is -2.12. The van der Waals surface area contributed by atoms with E-state index in [1.807, 2.05) is 48.6 Å². The Morgan fingerprint density at radius 1 is 1.33 bits per heavy atom. The number of anilines is 2. The molecule has 108 valence electrons. The Bertz CT molecular complexity index is 801. The van der Waals surface area contributed by atoms with Gasteiger partial charge in [-0.25, -0.2) is 4.98 Å². The molecule has 0 fully saturated rings. The number of nitrogens with zero attached hydrogens (tertiary/aromatic N) is 4. The monoisotopic (exact) mass is 284 g/mol. The van der Waals surface area contributed by atoms with Crippen molar-refractivity contribution in [2.75, 3.05) is 24.3 Å². The lowest BCUT2D eigenvalue weighted by molar-refractivity contribution is 0.102. The summed E-state index contributed by atoms with van der Waals surface area (Å²) >= 11 is 0. The minimum atomic E-state index is -0.281.